The molecule has 0 aliphatic heterocycles. The molecule has 3 aromatic rings. The summed E-state index contributed by atoms with van der Waals surface area (Å²) in [6.45, 7) is -0.0767. The number of anilines is 1. The zero-order chi connectivity index (χ0) is 23.8. The standard InChI is InChI=1S/C24H24F4N4O/c1-30(2)22-19(21(24(26,27)28)29-32(22)17-8-4-3-5-9-17)15-31(14-16-12-13-16)23(33)18-10-6-7-11-20(18)25/h3-11,16H,12-15H2,1-2H3. The second kappa shape index (κ2) is 8.88. The lowest BCUT2D eigenvalue weighted by atomic mass is 10.1. The topological polar surface area (TPSA) is 41.4 Å². The van der Waals surface area contributed by atoms with E-state index >= 15 is 0 Å². The summed E-state index contributed by atoms with van der Waals surface area (Å²) in [5.74, 6) is -0.921. The normalized spacial score (nSPS) is 13.8. The fourth-order valence-electron chi connectivity index (χ4n) is 3.85. The number of nitrogens with zero attached hydrogens (tertiary/aromatic N) is 4. The average Bonchev–Trinajstić information content (AvgIpc) is 3.50. The fraction of sp³-hybridized carbons (Fsp3) is 0.333. The Morgan fingerprint density at radius 1 is 1.06 bits per heavy atom. The number of alkyl halides is 3. The summed E-state index contributed by atoms with van der Waals surface area (Å²) < 4.78 is 57.8. The first-order valence-corrected chi connectivity index (χ1v) is 10.6. The lowest BCUT2D eigenvalue weighted by molar-refractivity contribution is -0.142. The van der Waals surface area contributed by atoms with Gasteiger partial charge in [0.1, 0.15) is 11.6 Å². The largest absolute Gasteiger partial charge is 0.435 e. The smallest absolute Gasteiger partial charge is 0.362 e. The minimum Gasteiger partial charge on any atom is -0.362 e. The van der Waals surface area contributed by atoms with Crippen LogP contribution in [0.3, 0.4) is 0 Å². The predicted octanol–water partition coefficient (Wildman–Crippen LogP) is 5.15. The predicted molar refractivity (Wildman–Crippen MR) is 117 cm³/mol. The van der Waals surface area contributed by atoms with E-state index in [1.54, 1.807) is 49.3 Å². The molecule has 174 valence electrons. The maximum Gasteiger partial charge on any atom is 0.435 e. The number of amides is 1. The van der Waals surface area contributed by atoms with Crippen LogP contribution in [0.5, 0.6) is 0 Å². The van der Waals surface area contributed by atoms with E-state index in [4.69, 9.17) is 0 Å². The first kappa shape index (κ1) is 22.8. The van der Waals surface area contributed by atoms with Crippen LogP contribution in [0.25, 0.3) is 5.69 Å². The number of hydrogen-bond acceptors (Lipinski definition) is 3. The van der Waals surface area contributed by atoms with E-state index in [2.05, 4.69) is 5.10 Å². The van der Waals surface area contributed by atoms with Crippen LogP contribution in [0.2, 0.25) is 0 Å². The second-order valence-corrected chi connectivity index (χ2v) is 8.40. The van der Waals surface area contributed by atoms with E-state index in [9.17, 15) is 22.4 Å². The molecule has 1 fully saturated rings. The van der Waals surface area contributed by atoms with Gasteiger partial charge in [0.25, 0.3) is 5.91 Å². The molecule has 9 heteroatoms. The van der Waals surface area contributed by atoms with Crippen molar-refractivity contribution in [3.05, 3.63) is 77.2 Å². The van der Waals surface area contributed by atoms with Crippen LogP contribution >= 0.6 is 0 Å². The van der Waals surface area contributed by atoms with E-state index in [0.29, 0.717) is 5.69 Å². The Labute approximate surface area is 189 Å². The molecule has 0 N–H and O–H groups in total. The van der Waals surface area contributed by atoms with Gasteiger partial charge in [-0.25, -0.2) is 9.07 Å². The van der Waals surface area contributed by atoms with Crippen LogP contribution in [-0.4, -0.2) is 41.2 Å². The van der Waals surface area contributed by atoms with Crippen molar-refractivity contribution in [1.29, 1.82) is 0 Å². The monoisotopic (exact) mass is 460 g/mol. The van der Waals surface area contributed by atoms with Crippen LogP contribution in [0.4, 0.5) is 23.4 Å². The highest BCUT2D eigenvalue weighted by molar-refractivity contribution is 5.94. The molecule has 0 unspecified atom stereocenters. The van der Waals surface area contributed by atoms with E-state index in [1.807, 2.05) is 0 Å². The van der Waals surface area contributed by atoms with Crippen molar-refractivity contribution >= 4 is 11.7 Å². The quantitative estimate of drug-likeness (QED) is 0.458. The Balaban J connectivity index is 1.82. The molecule has 2 aromatic carbocycles. The number of para-hydroxylation sites is 1. The molecule has 0 bridgehead atoms. The third-order valence-electron chi connectivity index (χ3n) is 5.57. The molecule has 4 rings (SSSR count). The third-order valence-corrected chi connectivity index (χ3v) is 5.57. The van der Waals surface area contributed by atoms with Crippen LogP contribution in [-0.2, 0) is 12.7 Å². The number of rotatable bonds is 7. The summed E-state index contributed by atoms with van der Waals surface area (Å²) in [5, 5.41) is 3.91. The van der Waals surface area contributed by atoms with Gasteiger partial charge in [-0.05, 0) is 43.0 Å². The molecule has 1 aromatic heterocycles. The van der Waals surface area contributed by atoms with Gasteiger partial charge in [0.2, 0.25) is 0 Å². The highest BCUT2D eigenvalue weighted by atomic mass is 19.4. The molecule has 1 saturated carbocycles. The van der Waals surface area contributed by atoms with Gasteiger partial charge in [-0.2, -0.15) is 18.3 Å². The zero-order valence-corrected chi connectivity index (χ0v) is 18.3. The van der Waals surface area contributed by atoms with Crippen LogP contribution in [0, 0.1) is 11.7 Å². The van der Waals surface area contributed by atoms with Crippen molar-refractivity contribution in [2.45, 2.75) is 25.6 Å². The van der Waals surface area contributed by atoms with Gasteiger partial charge in [0.15, 0.2) is 5.69 Å². The molecule has 5 nitrogen and oxygen atoms in total. The maximum absolute atomic E-state index is 14.3. The summed E-state index contributed by atoms with van der Waals surface area (Å²) in [6.07, 6.45) is -2.96. The van der Waals surface area contributed by atoms with Gasteiger partial charge in [0, 0.05) is 26.2 Å². The van der Waals surface area contributed by atoms with E-state index in [0.717, 1.165) is 12.8 Å². The fourth-order valence-corrected chi connectivity index (χ4v) is 3.85. The van der Waals surface area contributed by atoms with Gasteiger partial charge in [-0.3, -0.25) is 4.79 Å². The Bertz CT molecular complexity index is 1140. The summed E-state index contributed by atoms with van der Waals surface area (Å²) in [5.41, 5.74) is -0.875. The van der Waals surface area contributed by atoms with Gasteiger partial charge in [0.05, 0.1) is 17.8 Å². The van der Waals surface area contributed by atoms with Crippen molar-refractivity contribution in [3.63, 3.8) is 0 Å². The molecule has 1 aliphatic carbocycles. The highest BCUT2D eigenvalue weighted by Gasteiger charge is 2.41. The Hall–Kier alpha value is -3.36. The SMILES string of the molecule is CN(C)c1c(CN(CC2CC2)C(=O)c2ccccc2F)c(C(F)(F)F)nn1-c1ccccc1. The number of hydrogen-bond donors (Lipinski definition) is 0. The van der Waals surface area contributed by atoms with Crippen molar-refractivity contribution in [1.82, 2.24) is 14.7 Å². The first-order chi connectivity index (χ1) is 15.7. The summed E-state index contributed by atoms with van der Waals surface area (Å²) >= 11 is 0. The van der Waals surface area contributed by atoms with Gasteiger partial charge < -0.3 is 9.80 Å². The Morgan fingerprint density at radius 3 is 2.27 bits per heavy atom. The van der Waals surface area contributed by atoms with Crippen molar-refractivity contribution in [3.8, 4) is 5.69 Å². The minimum absolute atomic E-state index is 0.123. The molecule has 0 radical (unpaired) electrons. The van der Waals surface area contributed by atoms with Crippen LogP contribution in [0.15, 0.2) is 54.6 Å². The van der Waals surface area contributed by atoms with Gasteiger partial charge >= 0.3 is 6.18 Å². The zero-order valence-electron chi connectivity index (χ0n) is 18.3. The van der Waals surface area contributed by atoms with Crippen LogP contribution < -0.4 is 4.90 Å². The van der Waals surface area contributed by atoms with Crippen molar-refractivity contribution in [2.75, 3.05) is 25.5 Å². The number of halogens is 4. The van der Waals surface area contributed by atoms with Gasteiger partial charge in [-0.1, -0.05) is 30.3 Å². The van der Waals surface area contributed by atoms with E-state index < -0.39 is 23.6 Å². The second-order valence-electron chi connectivity index (χ2n) is 8.40. The molecule has 33 heavy (non-hydrogen) atoms. The molecular weight excluding hydrogens is 436 g/mol. The Kier molecular flexibility index (Phi) is 6.14. The third kappa shape index (κ3) is 4.86. The molecule has 1 heterocycles. The van der Waals surface area contributed by atoms with Crippen molar-refractivity contribution in [2.24, 2.45) is 5.92 Å². The number of aromatic nitrogens is 2. The molecule has 0 spiro atoms. The first-order valence-electron chi connectivity index (χ1n) is 10.6. The Morgan fingerprint density at radius 2 is 1.70 bits per heavy atom. The summed E-state index contributed by atoms with van der Waals surface area (Å²) in [7, 11) is 3.26. The molecule has 0 atom stereocenters. The lowest BCUT2D eigenvalue weighted by Gasteiger charge is -2.25. The number of carbonyl (C=O) groups excluding carboxylic acids is 1. The highest BCUT2D eigenvalue weighted by Crippen LogP contribution is 2.39. The molecule has 0 saturated heterocycles. The maximum atomic E-state index is 14.3. The summed E-state index contributed by atoms with van der Waals surface area (Å²) in [4.78, 5) is 16.1. The van der Waals surface area contributed by atoms with Crippen molar-refractivity contribution < 1.29 is 22.4 Å². The van der Waals surface area contributed by atoms with Crippen LogP contribution in [0.1, 0.15) is 34.5 Å². The lowest BCUT2D eigenvalue weighted by Crippen LogP contribution is -2.34. The minimum atomic E-state index is -4.73. The summed E-state index contributed by atoms with van der Waals surface area (Å²) in [6, 6.07) is 14.0. The van der Waals surface area contributed by atoms with E-state index in [-0.39, 0.29) is 36.0 Å². The average molecular weight is 460 g/mol. The molecule has 1 amide bonds. The molecular formula is C24H24F4N4O. The van der Waals surface area contributed by atoms with E-state index in [1.165, 1.54) is 33.8 Å². The number of benzene rings is 2. The molecule has 1 aliphatic rings. The van der Waals surface area contributed by atoms with Gasteiger partial charge in [-0.15, -0.1) is 0 Å². The number of carbonyl (C=O) groups is 1.